The van der Waals surface area contributed by atoms with Crippen LogP contribution < -0.4 is 11.1 Å². The normalized spacial score (nSPS) is 16.0. The van der Waals surface area contributed by atoms with E-state index in [0.29, 0.717) is 38.6 Å². The number of rotatable bonds is 14. The molecule has 0 saturated carbocycles. The molecule has 2 aliphatic heterocycles. The van der Waals surface area contributed by atoms with E-state index in [2.05, 4.69) is 61.3 Å². The van der Waals surface area contributed by atoms with Crippen LogP contribution in [-0.2, 0) is 19.1 Å². The van der Waals surface area contributed by atoms with Crippen LogP contribution in [-0.4, -0.2) is 62.6 Å². The van der Waals surface area contributed by atoms with Gasteiger partial charge in [-0.2, -0.15) is 0 Å². The SMILES string of the molecule is C=Cc1c(C)c2cc3[nH]c(cc4nc(cc5nc(cc1[nH]2)C(C)=C5CCC(=O)NCCCCC(N)C(=O)O)C(CCC(=O)OC)C4C)c(C)c3C=C. The number of hydrogen-bond donors (Lipinski definition) is 5. The van der Waals surface area contributed by atoms with Crippen LogP contribution in [0.15, 0.2) is 37.4 Å². The number of aliphatic carboxylic acids is 1. The molecular formula is C41H50N6O5. The van der Waals surface area contributed by atoms with E-state index in [4.69, 9.17) is 25.5 Å². The van der Waals surface area contributed by atoms with Crippen molar-refractivity contribution in [2.75, 3.05) is 13.7 Å². The van der Waals surface area contributed by atoms with E-state index in [0.717, 1.165) is 78.2 Å². The van der Waals surface area contributed by atoms with Crippen LogP contribution in [0.4, 0.5) is 0 Å². The van der Waals surface area contributed by atoms with Gasteiger partial charge in [0.05, 0.1) is 18.5 Å². The van der Waals surface area contributed by atoms with E-state index >= 15 is 0 Å². The summed E-state index contributed by atoms with van der Waals surface area (Å²) in [6, 6.07) is 7.34. The summed E-state index contributed by atoms with van der Waals surface area (Å²) in [6.07, 6.45) is 6.84. The highest BCUT2D eigenvalue weighted by Crippen LogP contribution is 2.42. The number of nitrogens with zero attached hydrogens (tertiary/aromatic N) is 2. The number of hydrogen-bond acceptors (Lipinski definition) is 7. The molecule has 274 valence electrons. The lowest BCUT2D eigenvalue weighted by molar-refractivity contribution is -0.141. The molecule has 5 heterocycles. The van der Waals surface area contributed by atoms with Crippen molar-refractivity contribution in [2.45, 2.75) is 90.5 Å². The number of aryl methyl sites for hydroxylation is 2. The van der Waals surface area contributed by atoms with Gasteiger partial charge in [0.15, 0.2) is 0 Å². The molecule has 3 aromatic rings. The maximum Gasteiger partial charge on any atom is 0.320 e. The first kappa shape index (κ1) is 38.0. The summed E-state index contributed by atoms with van der Waals surface area (Å²) in [6.45, 7) is 16.9. The number of H-pyrrole nitrogens is 2. The minimum Gasteiger partial charge on any atom is -0.480 e. The maximum atomic E-state index is 13.0. The first-order chi connectivity index (χ1) is 24.9. The fourth-order valence-corrected chi connectivity index (χ4v) is 7.16. The average Bonchev–Trinajstić information content (AvgIpc) is 3.78. The number of allylic oxidation sites excluding steroid dienone is 2. The number of aromatic nitrogens is 4. The minimum atomic E-state index is -1.02. The summed E-state index contributed by atoms with van der Waals surface area (Å²) >= 11 is 0. The standard InChI is InChI=1S/C41H50N6O5/c1-8-26-22(3)31-18-32-25(6)29(14-16-40(49)52-7)38(46-32)21-37-28(13-15-39(48)43-17-11-10-12-30(42)41(50)51)24(5)34(47-37)20-36-27(9-2)23(4)33(45-36)19-35(26)44-31/h8-9,18-21,25,29-30,44-45H,1-2,10-17,42H2,3-7H3,(H,43,48)(H,50,51). The number of carboxylic acid groups (broad SMARTS) is 1. The zero-order valence-electron chi connectivity index (χ0n) is 30.8. The third-order valence-electron chi connectivity index (χ3n) is 10.5. The quantitative estimate of drug-likeness (QED) is 0.0847. The van der Waals surface area contributed by atoms with Gasteiger partial charge in [0, 0.05) is 75.8 Å². The van der Waals surface area contributed by atoms with Crippen LogP contribution in [0.25, 0.3) is 45.4 Å². The second-order valence-corrected chi connectivity index (χ2v) is 13.7. The summed E-state index contributed by atoms with van der Waals surface area (Å²) in [4.78, 5) is 53.8. The van der Waals surface area contributed by atoms with Crippen LogP contribution in [0.5, 0.6) is 0 Å². The van der Waals surface area contributed by atoms with Crippen molar-refractivity contribution in [3.05, 3.63) is 82.5 Å². The number of unbranched alkanes of at least 4 members (excludes halogenated alkanes) is 1. The lowest BCUT2D eigenvalue weighted by atomic mass is 9.87. The Morgan fingerprint density at radius 3 is 2.21 bits per heavy atom. The highest BCUT2D eigenvalue weighted by atomic mass is 16.5. The molecule has 6 N–H and O–H groups in total. The summed E-state index contributed by atoms with van der Waals surface area (Å²) < 4.78 is 4.99. The van der Waals surface area contributed by atoms with E-state index in [1.54, 1.807) is 0 Å². The van der Waals surface area contributed by atoms with Gasteiger partial charge in [-0.15, -0.1) is 0 Å². The van der Waals surface area contributed by atoms with E-state index in [-0.39, 0.29) is 36.6 Å². The lowest BCUT2D eigenvalue weighted by Crippen LogP contribution is -2.30. The molecule has 3 unspecified atom stereocenters. The Kier molecular flexibility index (Phi) is 11.9. The molecule has 11 nitrogen and oxygen atoms in total. The van der Waals surface area contributed by atoms with Crippen molar-refractivity contribution in [3.63, 3.8) is 0 Å². The van der Waals surface area contributed by atoms with Gasteiger partial charge >= 0.3 is 11.9 Å². The number of nitrogens with one attached hydrogen (secondary N) is 3. The highest BCUT2D eigenvalue weighted by Gasteiger charge is 2.30. The molecule has 3 atom stereocenters. The molecule has 0 aromatic carbocycles. The van der Waals surface area contributed by atoms with Gasteiger partial charge in [-0.05, 0) is 99.4 Å². The predicted molar refractivity (Wildman–Crippen MR) is 207 cm³/mol. The van der Waals surface area contributed by atoms with Gasteiger partial charge in [-0.1, -0.05) is 32.2 Å². The monoisotopic (exact) mass is 706 g/mol. The molecule has 11 heteroatoms. The molecule has 0 saturated heterocycles. The molecule has 0 spiro atoms. The van der Waals surface area contributed by atoms with Crippen molar-refractivity contribution in [3.8, 4) is 0 Å². The number of carboxylic acids is 1. The van der Waals surface area contributed by atoms with Crippen molar-refractivity contribution < 1.29 is 24.2 Å². The summed E-state index contributed by atoms with van der Waals surface area (Å²) in [5.41, 5.74) is 18.5. The van der Waals surface area contributed by atoms with Gasteiger partial charge in [-0.25, -0.2) is 4.98 Å². The molecule has 0 fully saturated rings. The Hall–Kier alpha value is -5.29. The number of nitrogens with two attached hydrogens (primary N) is 1. The van der Waals surface area contributed by atoms with Gasteiger partial charge in [0.1, 0.15) is 6.04 Å². The minimum absolute atomic E-state index is 0.0122. The van der Waals surface area contributed by atoms with E-state index in [1.165, 1.54) is 7.11 Å². The third kappa shape index (κ3) is 8.10. The predicted octanol–water partition coefficient (Wildman–Crippen LogP) is 7.47. The Labute approximate surface area is 304 Å². The Balaban J connectivity index is 1.62. The summed E-state index contributed by atoms with van der Waals surface area (Å²) in [5, 5.41) is 12.0. The smallest absolute Gasteiger partial charge is 0.320 e. The van der Waals surface area contributed by atoms with Gasteiger partial charge in [-0.3, -0.25) is 19.4 Å². The largest absolute Gasteiger partial charge is 0.480 e. The second kappa shape index (κ2) is 16.4. The zero-order chi connectivity index (χ0) is 37.7. The number of methoxy groups -OCH3 is 1. The number of fused-ring (bicyclic) bond motifs is 8. The molecule has 0 radical (unpaired) electrons. The topological polar surface area (TPSA) is 176 Å². The van der Waals surface area contributed by atoms with Crippen LogP contribution in [0, 0.1) is 13.8 Å². The first-order valence-electron chi connectivity index (χ1n) is 17.9. The fourth-order valence-electron chi connectivity index (χ4n) is 7.16. The van der Waals surface area contributed by atoms with Gasteiger partial charge in [0.2, 0.25) is 5.91 Å². The molecule has 52 heavy (non-hydrogen) atoms. The molecule has 3 aromatic heterocycles. The maximum absolute atomic E-state index is 13.0. The van der Waals surface area contributed by atoms with E-state index in [1.807, 2.05) is 31.2 Å². The zero-order valence-corrected chi connectivity index (χ0v) is 30.8. The van der Waals surface area contributed by atoms with Crippen LogP contribution >= 0.6 is 0 Å². The number of aromatic amines is 2. The first-order valence-corrected chi connectivity index (χ1v) is 17.9. The van der Waals surface area contributed by atoms with Crippen molar-refractivity contribution >= 4 is 63.2 Å². The molecule has 2 aliphatic rings. The lowest BCUT2D eigenvalue weighted by Gasteiger charge is -2.15. The molecule has 0 aliphatic carbocycles. The second-order valence-electron chi connectivity index (χ2n) is 13.7. The molecular weight excluding hydrogens is 656 g/mol. The van der Waals surface area contributed by atoms with E-state index < -0.39 is 12.0 Å². The highest BCUT2D eigenvalue weighted by molar-refractivity contribution is 5.94. The van der Waals surface area contributed by atoms with Crippen LogP contribution in [0.1, 0.15) is 116 Å². The number of ether oxygens (including phenoxy) is 1. The Morgan fingerprint density at radius 1 is 0.923 bits per heavy atom. The number of carbonyl (C=O) groups excluding carboxylic acids is 2. The number of amides is 1. The van der Waals surface area contributed by atoms with Crippen molar-refractivity contribution in [2.24, 2.45) is 5.73 Å². The fraction of sp³-hybridized carbons (Fsp3) is 0.390. The van der Waals surface area contributed by atoms with Gasteiger partial charge in [0.25, 0.3) is 0 Å². The van der Waals surface area contributed by atoms with Crippen LogP contribution in [0.2, 0.25) is 0 Å². The summed E-state index contributed by atoms with van der Waals surface area (Å²) in [7, 11) is 1.40. The molecule has 5 rings (SSSR count). The van der Waals surface area contributed by atoms with Gasteiger partial charge < -0.3 is 30.9 Å². The number of esters is 1. The van der Waals surface area contributed by atoms with Crippen molar-refractivity contribution in [1.82, 2.24) is 25.3 Å². The average molecular weight is 707 g/mol. The number of carbonyl (C=O) groups is 3. The van der Waals surface area contributed by atoms with E-state index in [9.17, 15) is 14.4 Å². The Bertz CT molecular complexity index is 2110. The third-order valence-corrected chi connectivity index (χ3v) is 10.5. The molecule has 1 amide bonds. The van der Waals surface area contributed by atoms with Crippen LogP contribution in [0.3, 0.4) is 0 Å². The summed E-state index contributed by atoms with van der Waals surface area (Å²) in [5.74, 6) is -1.44. The Morgan fingerprint density at radius 2 is 1.58 bits per heavy atom. The molecule has 8 bridgehead atoms. The van der Waals surface area contributed by atoms with Crippen molar-refractivity contribution in [1.29, 1.82) is 0 Å².